The molecule has 0 spiro atoms. The van der Waals surface area contributed by atoms with E-state index in [1.165, 1.54) is 23.1 Å². The topological polar surface area (TPSA) is 96.0 Å². The average Bonchev–Trinajstić information content (AvgIpc) is 3.07. The van der Waals surface area contributed by atoms with Crippen molar-refractivity contribution in [2.45, 2.75) is 64.1 Å². The Labute approximate surface area is 277 Å². The van der Waals surface area contributed by atoms with Gasteiger partial charge in [-0.3, -0.25) is 13.9 Å². The monoisotopic (exact) mass is 659 g/mol. The Bertz CT molecular complexity index is 1730. The van der Waals surface area contributed by atoms with E-state index in [0.717, 1.165) is 15.4 Å². The molecule has 0 aliphatic heterocycles. The average molecular weight is 660 g/mol. The molecular formula is C37H42FN3O5S. The van der Waals surface area contributed by atoms with Gasteiger partial charge in [0.1, 0.15) is 24.2 Å². The minimum atomic E-state index is -4.26. The summed E-state index contributed by atoms with van der Waals surface area (Å²) < 4.78 is 50.0. The molecule has 8 nitrogen and oxygen atoms in total. The largest absolute Gasteiger partial charge is 0.494 e. The third-order valence-electron chi connectivity index (χ3n) is 7.89. The summed E-state index contributed by atoms with van der Waals surface area (Å²) in [6, 6.07) is 26.8. The van der Waals surface area contributed by atoms with Crippen LogP contribution in [0.3, 0.4) is 0 Å². The summed E-state index contributed by atoms with van der Waals surface area (Å²) in [7, 11) is -4.26. The number of halogens is 1. The number of hydrogen-bond donors (Lipinski definition) is 1. The predicted molar refractivity (Wildman–Crippen MR) is 182 cm³/mol. The lowest BCUT2D eigenvalue weighted by Crippen LogP contribution is -2.54. The van der Waals surface area contributed by atoms with Crippen LogP contribution in [-0.2, 0) is 32.6 Å². The number of benzene rings is 4. The number of hydrogen-bond acceptors (Lipinski definition) is 5. The Kier molecular flexibility index (Phi) is 12.1. The molecule has 4 aromatic rings. The molecule has 2 atom stereocenters. The second-order valence-corrected chi connectivity index (χ2v) is 13.3. The van der Waals surface area contributed by atoms with Crippen molar-refractivity contribution in [1.29, 1.82) is 0 Å². The van der Waals surface area contributed by atoms with Gasteiger partial charge < -0.3 is 15.0 Å². The van der Waals surface area contributed by atoms with E-state index in [2.05, 4.69) is 5.32 Å². The summed E-state index contributed by atoms with van der Waals surface area (Å²) in [5.41, 5.74) is 2.10. The van der Waals surface area contributed by atoms with Crippen LogP contribution in [-0.4, -0.2) is 50.4 Å². The molecule has 0 saturated carbocycles. The van der Waals surface area contributed by atoms with Gasteiger partial charge in [-0.25, -0.2) is 12.8 Å². The van der Waals surface area contributed by atoms with E-state index in [4.69, 9.17) is 4.74 Å². The van der Waals surface area contributed by atoms with Crippen molar-refractivity contribution in [3.8, 4) is 5.75 Å². The number of nitrogens with one attached hydrogen (secondary N) is 1. The summed E-state index contributed by atoms with van der Waals surface area (Å²) in [5, 5.41) is 2.98. The minimum Gasteiger partial charge on any atom is -0.494 e. The molecule has 0 unspecified atom stereocenters. The lowest BCUT2D eigenvalue weighted by Gasteiger charge is -2.34. The van der Waals surface area contributed by atoms with Crippen LogP contribution < -0.4 is 14.4 Å². The molecule has 0 radical (unpaired) electrons. The van der Waals surface area contributed by atoms with Gasteiger partial charge in [0, 0.05) is 24.6 Å². The fourth-order valence-corrected chi connectivity index (χ4v) is 6.46. The number of amides is 2. The van der Waals surface area contributed by atoms with Gasteiger partial charge in [-0.2, -0.15) is 0 Å². The molecular weight excluding hydrogens is 617 g/mol. The molecule has 0 bridgehead atoms. The molecule has 0 aliphatic carbocycles. The van der Waals surface area contributed by atoms with E-state index in [9.17, 15) is 18.0 Å². The van der Waals surface area contributed by atoms with E-state index >= 15 is 4.39 Å². The van der Waals surface area contributed by atoms with Gasteiger partial charge in [-0.05, 0) is 75.2 Å². The Hall–Kier alpha value is -4.70. The third kappa shape index (κ3) is 9.19. The molecule has 4 rings (SSSR count). The molecule has 0 aliphatic rings. The van der Waals surface area contributed by atoms with Crippen LogP contribution >= 0.6 is 0 Å². The fraction of sp³-hybridized carbons (Fsp3) is 0.297. The number of anilines is 1. The highest BCUT2D eigenvalue weighted by Gasteiger charge is 2.35. The Morgan fingerprint density at radius 1 is 0.872 bits per heavy atom. The molecule has 1 N–H and O–H groups in total. The summed E-state index contributed by atoms with van der Waals surface area (Å²) in [6.45, 7) is 7.03. The molecule has 0 saturated heterocycles. The van der Waals surface area contributed by atoms with Crippen LogP contribution in [0, 0.1) is 12.7 Å². The second-order valence-electron chi connectivity index (χ2n) is 11.4. The van der Waals surface area contributed by atoms with E-state index in [-0.39, 0.29) is 35.2 Å². The Morgan fingerprint density at radius 2 is 1.51 bits per heavy atom. The number of nitrogens with zero attached hydrogens (tertiary/aromatic N) is 2. The molecule has 0 aromatic heterocycles. The van der Waals surface area contributed by atoms with Crippen LogP contribution in [0.4, 0.5) is 10.1 Å². The first-order chi connectivity index (χ1) is 22.5. The molecule has 4 aromatic carbocycles. The first-order valence-electron chi connectivity index (χ1n) is 15.7. The Morgan fingerprint density at radius 3 is 2.13 bits per heavy atom. The van der Waals surface area contributed by atoms with E-state index in [0.29, 0.717) is 18.8 Å². The fourth-order valence-electron chi connectivity index (χ4n) is 5.05. The first kappa shape index (κ1) is 35.2. The van der Waals surface area contributed by atoms with Crippen molar-refractivity contribution in [3.05, 3.63) is 126 Å². The number of carbonyl (C=O) groups excluding carboxylic acids is 2. The number of ether oxygens (including phenoxy) is 1. The van der Waals surface area contributed by atoms with E-state index < -0.39 is 40.2 Å². The zero-order valence-electron chi connectivity index (χ0n) is 27.2. The smallest absolute Gasteiger partial charge is 0.264 e. The molecule has 2 amide bonds. The molecule has 0 fully saturated rings. The highest BCUT2D eigenvalue weighted by atomic mass is 32.2. The maximum absolute atomic E-state index is 15.1. The number of sulfonamides is 1. The lowest BCUT2D eigenvalue weighted by molar-refractivity contribution is -0.140. The lowest BCUT2D eigenvalue weighted by atomic mass is 10.0. The Balaban J connectivity index is 1.81. The highest BCUT2D eigenvalue weighted by Crippen LogP contribution is 2.27. The van der Waals surface area contributed by atoms with Crippen LogP contribution in [0.15, 0.2) is 108 Å². The van der Waals surface area contributed by atoms with Crippen LogP contribution in [0.25, 0.3) is 0 Å². The van der Waals surface area contributed by atoms with Crippen LogP contribution in [0.5, 0.6) is 5.75 Å². The zero-order chi connectivity index (χ0) is 34.0. The maximum Gasteiger partial charge on any atom is 0.264 e. The van der Waals surface area contributed by atoms with Gasteiger partial charge >= 0.3 is 0 Å². The van der Waals surface area contributed by atoms with Gasteiger partial charge in [0.25, 0.3) is 10.0 Å². The molecule has 47 heavy (non-hydrogen) atoms. The normalized spacial score (nSPS) is 12.5. The van der Waals surface area contributed by atoms with E-state index in [1.54, 1.807) is 54.6 Å². The number of rotatable bonds is 15. The van der Waals surface area contributed by atoms with Gasteiger partial charge in [0.15, 0.2) is 0 Å². The second kappa shape index (κ2) is 16.2. The summed E-state index contributed by atoms with van der Waals surface area (Å²) >= 11 is 0. The SMILES string of the molecule is CCOc1ccc(N(CC(=O)N(Cc2ccccc2F)[C@@H](Cc2ccccc2)C(=O)N[C@@H](C)CC)S(=O)(=O)c2ccc(C)cc2)cc1. The van der Waals surface area contributed by atoms with Crippen molar-refractivity contribution in [2.75, 3.05) is 17.5 Å². The van der Waals surface area contributed by atoms with E-state index in [1.807, 2.05) is 58.0 Å². The number of carbonyl (C=O) groups is 2. The van der Waals surface area contributed by atoms with Crippen molar-refractivity contribution in [2.24, 2.45) is 0 Å². The molecule has 0 heterocycles. The van der Waals surface area contributed by atoms with Crippen LogP contribution in [0.2, 0.25) is 0 Å². The summed E-state index contributed by atoms with van der Waals surface area (Å²) in [5.74, 6) is -1.08. The van der Waals surface area contributed by atoms with Crippen LogP contribution in [0.1, 0.15) is 43.9 Å². The first-order valence-corrected chi connectivity index (χ1v) is 17.2. The van der Waals surface area contributed by atoms with Crippen molar-refractivity contribution in [1.82, 2.24) is 10.2 Å². The van der Waals surface area contributed by atoms with Crippen molar-refractivity contribution < 1.29 is 27.1 Å². The van der Waals surface area contributed by atoms with Gasteiger partial charge in [0.2, 0.25) is 11.8 Å². The quantitative estimate of drug-likeness (QED) is 0.162. The third-order valence-corrected chi connectivity index (χ3v) is 9.68. The molecule has 10 heteroatoms. The summed E-state index contributed by atoms with van der Waals surface area (Å²) in [4.78, 5) is 29.7. The van der Waals surface area contributed by atoms with Gasteiger partial charge in [-0.15, -0.1) is 0 Å². The highest BCUT2D eigenvalue weighted by molar-refractivity contribution is 7.92. The molecule has 248 valence electrons. The summed E-state index contributed by atoms with van der Waals surface area (Å²) in [6.07, 6.45) is 0.794. The van der Waals surface area contributed by atoms with Gasteiger partial charge in [-0.1, -0.05) is 73.2 Å². The van der Waals surface area contributed by atoms with Crippen molar-refractivity contribution in [3.63, 3.8) is 0 Å². The standard InChI is InChI=1S/C37H42FN3O5S/c1-5-28(4)39-37(43)35(24-29-12-8-7-9-13-29)40(25-30-14-10-11-15-34(30)38)36(42)26-41(31-18-20-32(21-19-31)46-6-2)47(44,45)33-22-16-27(3)17-23-33/h7-23,28,35H,5-6,24-26H2,1-4H3,(H,39,43)/t28-,35-/m0/s1. The predicted octanol–water partition coefficient (Wildman–Crippen LogP) is 6.28. The minimum absolute atomic E-state index is 0.000729. The maximum atomic E-state index is 15.1. The van der Waals surface area contributed by atoms with Gasteiger partial charge in [0.05, 0.1) is 17.2 Å². The number of aryl methyl sites for hydroxylation is 1. The van der Waals surface area contributed by atoms with Crippen molar-refractivity contribution >= 4 is 27.5 Å². The zero-order valence-corrected chi connectivity index (χ0v) is 28.0.